The van der Waals surface area contributed by atoms with Crippen LogP contribution in [-0.4, -0.2) is 17.4 Å². The molecule has 0 aromatic heterocycles. The number of hydrogen-bond donors (Lipinski definition) is 1. The molecule has 0 heterocycles. The maximum absolute atomic E-state index is 12.1. The topological polar surface area (TPSA) is 72.2 Å². The zero-order valence-electron chi connectivity index (χ0n) is 11.8. The Balaban J connectivity index is 1.94. The normalized spacial score (nSPS) is 15.7. The van der Waals surface area contributed by atoms with Crippen LogP contribution in [0.5, 0.6) is 0 Å². The summed E-state index contributed by atoms with van der Waals surface area (Å²) in [6, 6.07) is 4.39. The number of rotatable bonds is 5. The summed E-state index contributed by atoms with van der Waals surface area (Å²) < 4.78 is 0. The molecule has 0 radical (unpaired) electrons. The number of carbonyl (C=O) groups excluding carboxylic acids is 1. The number of nitrogens with one attached hydrogen (secondary N) is 1. The molecule has 1 fully saturated rings. The number of nitro benzene ring substituents is 1. The van der Waals surface area contributed by atoms with Crippen molar-refractivity contribution in [3.63, 3.8) is 0 Å². The van der Waals surface area contributed by atoms with Gasteiger partial charge in [-0.3, -0.25) is 14.9 Å². The summed E-state index contributed by atoms with van der Waals surface area (Å²) in [5.41, 5.74) is -0.300. The fraction of sp³-hybridized carbons (Fsp3) is 0.533. The summed E-state index contributed by atoms with van der Waals surface area (Å²) in [5, 5.41) is 13.8. The van der Waals surface area contributed by atoms with Gasteiger partial charge >= 0.3 is 5.69 Å². The van der Waals surface area contributed by atoms with E-state index >= 15 is 0 Å². The predicted molar refractivity (Wildman–Crippen MR) is 81.6 cm³/mol. The van der Waals surface area contributed by atoms with Crippen LogP contribution in [0.3, 0.4) is 0 Å². The van der Waals surface area contributed by atoms with E-state index < -0.39 is 10.8 Å². The second-order valence-corrected chi connectivity index (χ2v) is 5.85. The molecule has 1 N–H and O–H groups in total. The molecule has 0 bridgehead atoms. The molecule has 0 spiro atoms. The van der Waals surface area contributed by atoms with Gasteiger partial charge in [0.25, 0.3) is 5.91 Å². The first-order chi connectivity index (χ1) is 10.1. The Morgan fingerprint density at radius 1 is 1.33 bits per heavy atom. The summed E-state index contributed by atoms with van der Waals surface area (Å²) in [4.78, 5) is 22.5. The summed E-state index contributed by atoms with van der Waals surface area (Å²) in [6.45, 7) is 0.549. The zero-order valence-corrected chi connectivity index (χ0v) is 12.6. The third kappa shape index (κ3) is 4.17. The first-order valence-corrected chi connectivity index (χ1v) is 7.68. The summed E-state index contributed by atoms with van der Waals surface area (Å²) >= 11 is 5.80. The number of carbonyl (C=O) groups is 1. The van der Waals surface area contributed by atoms with Gasteiger partial charge in [-0.15, -0.1) is 0 Å². The van der Waals surface area contributed by atoms with Crippen LogP contribution in [0.4, 0.5) is 5.69 Å². The SMILES string of the molecule is O=C(NCCC1CCCCC1)c1cccc(Cl)c1[N+](=O)[O-]. The maximum Gasteiger partial charge on any atom is 0.300 e. The van der Waals surface area contributed by atoms with Crippen molar-refractivity contribution in [2.45, 2.75) is 38.5 Å². The van der Waals surface area contributed by atoms with Crippen LogP contribution in [0.15, 0.2) is 18.2 Å². The Kier molecular flexibility index (Phi) is 5.56. The fourth-order valence-corrected chi connectivity index (χ4v) is 3.09. The largest absolute Gasteiger partial charge is 0.352 e. The van der Waals surface area contributed by atoms with Gasteiger partial charge in [-0.25, -0.2) is 0 Å². The molecular formula is C15H19ClN2O3. The molecule has 1 aliphatic rings. The zero-order chi connectivity index (χ0) is 15.2. The molecule has 1 amide bonds. The van der Waals surface area contributed by atoms with Gasteiger partial charge in [0.2, 0.25) is 0 Å². The Bertz CT molecular complexity index is 528. The molecule has 1 saturated carbocycles. The Morgan fingerprint density at radius 3 is 2.71 bits per heavy atom. The second-order valence-electron chi connectivity index (χ2n) is 5.44. The lowest BCUT2D eigenvalue weighted by molar-refractivity contribution is -0.385. The quantitative estimate of drug-likeness (QED) is 0.661. The molecule has 0 saturated heterocycles. The van der Waals surface area contributed by atoms with Gasteiger partial charge in [0.15, 0.2) is 0 Å². The van der Waals surface area contributed by atoms with Gasteiger partial charge in [0.05, 0.1) is 4.92 Å². The van der Waals surface area contributed by atoms with Crippen molar-refractivity contribution in [1.29, 1.82) is 0 Å². The van der Waals surface area contributed by atoms with Crippen molar-refractivity contribution in [3.8, 4) is 0 Å². The minimum atomic E-state index is -0.613. The van der Waals surface area contributed by atoms with E-state index in [1.807, 2.05) is 0 Å². The molecule has 5 nitrogen and oxygen atoms in total. The minimum Gasteiger partial charge on any atom is -0.352 e. The standard InChI is InChI=1S/C15H19ClN2O3/c16-13-8-4-7-12(14(13)18(20)21)15(19)17-10-9-11-5-2-1-3-6-11/h4,7-8,11H,1-3,5-6,9-10H2,(H,17,19). The van der Waals surface area contributed by atoms with E-state index in [1.165, 1.54) is 44.2 Å². The van der Waals surface area contributed by atoms with Crippen molar-refractivity contribution in [2.75, 3.05) is 6.54 Å². The molecule has 0 atom stereocenters. The number of nitro groups is 1. The van der Waals surface area contributed by atoms with Crippen molar-refractivity contribution < 1.29 is 9.72 Å². The van der Waals surface area contributed by atoms with E-state index in [9.17, 15) is 14.9 Å². The third-order valence-corrected chi connectivity index (χ3v) is 4.28. The summed E-state index contributed by atoms with van der Waals surface area (Å²) in [7, 11) is 0. The highest BCUT2D eigenvalue weighted by molar-refractivity contribution is 6.33. The molecule has 1 aliphatic carbocycles. The lowest BCUT2D eigenvalue weighted by atomic mass is 9.87. The number of amides is 1. The fourth-order valence-electron chi connectivity index (χ4n) is 2.84. The van der Waals surface area contributed by atoms with Crippen LogP contribution in [-0.2, 0) is 0 Å². The van der Waals surface area contributed by atoms with E-state index in [2.05, 4.69) is 5.32 Å². The molecular weight excluding hydrogens is 292 g/mol. The lowest BCUT2D eigenvalue weighted by Crippen LogP contribution is -2.27. The smallest absolute Gasteiger partial charge is 0.300 e. The van der Waals surface area contributed by atoms with Gasteiger partial charge in [-0.2, -0.15) is 0 Å². The van der Waals surface area contributed by atoms with E-state index in [1.54, 1.807) is 6.07 Å². The van der Waals surface area contributed by atoms with Crippen LogP contribution in [0.1, 0.15) is 48.9 Å². The average Bonchev–Trinajstić information content (AvgIpc) is 2.47. The highest BCUT2D eigenvalue weighted by Crippen LogP contribution is 2.28. The highest BCUT2D eigenvalue weighted by atomic mass is 35.5. The molecule has 21 heavy (non-hydrogen) atoms. The van der Waals surface area contributed by atoms with E-state index in [0.717, 1.165) is 6.42 Å². The van der Waals surface area contributed by atoms with Crippen LogP contribution < -0.4 is 5.32 Å². The van der Waals surface area contributed by atoms with Gasteiger partial charge in [-0.05, 0) is 24.5 Å². The molecule has 114 valence electrons. The Morgan fingerprint density at radius 2 is 2.05 bits per heavy atom. The number of nitrogens with zero attached hydrogens (tertiary/aromatic N) is 1. The first-order valence-electron chi connectivity index (χ1n) is 7.30. The van der Waals surface area contributed by atoms with Crippen LogP contribution in [0, 0.1) is 16.0 Å². The Hall–Kier alpha value is -1.62. The van der Waals surface area contributed by atoms with Crippen molar-refractivity contribution in [3.05, 3.63) is 38.9 Å². The number of halogens is 1. The van der Waals surface area contributed by atoms with Crippen molar-refractivity contribution in [2.24, 2.45) is 5.92 Å². The monoisotopic (exact) mass is 310 g/mol. The highest BCUT2D eigenvalue weighted by Gasteiger charge is 2.23. The summed E-state index contributed by atoms with van der Waals surface area (Å²) in [5.74, 6) is 0.230. The summed E-state index contributed by atoms with van der Waals surface area (Å²) in [6.07, 6.45) is 7.19. The van der Waals surface area contributed by atoms with E-state index in [4.69, 9.17) is 11.6 Å². The van der Waals surface area contributed by atoms with Crippen molar-refractivity contribution >= 4 is 23.2 Å². The second kappa shape index (κ2) is 7.41. The van der Waals surface area contributed by atoms with Gasteiger partial charge in [0.1, 0.15) is 10.6 Å². The third-order valence-electron chi connectivity index (χ3n) is 3.98. The van der Waals surface area contributed by atoms with Gasteiger partial charge in [0, 0.05) is 6.54 Å². The molecule has 0 aliphatic heterocycles. The first kappa shape index (κ1) is 15.8. The van der Waals surface area contributed by atoms with E-state index in [0.29, 0.717) is 12.5 Å². The van der Waals surface area contributed by atoms with Crippen LogP contribution >= 0.6 is 11.6 Å². The van der Waals surface area contributed by atoms with Gasteiger partial charge in [-0.1, -0.05) is 49.8 Å². The Labute approximate surface area is 128 Å². The predicted octanol–water partition coefficient (Wildman–Crippen LogP) is 3.95. The molecule has 1 aromatic carbocycles. The van der Waals surface area contributed by atoms with Crippen LogP contribution in [0.2, 0.25) is 5.02 Å². The number of para-hydroxylation sites is 1. The van der Waals surface area contributed by atoms with Crippen molar-refractivity contribution in [1.82, 2.24) is 5.32 Å². The lowest BCUT2D eigenvalue weighted by Gasteiger charge is -2.21. The maximum atomic E-state index is 12.1. The molecule has 6 heteroatoms. The molecule has 2 rings (SSSR count). The number of benzene rings is 1. The minimum absolute atomic E-state index is 0.0140. The van der Waals surface area contributed by atoms with Gasteiger partial charge < -0.3 is 5.32 Å². The number of hydrogen-bond acceptors (Lipinski definition) is 3. The molecule has 1 aromatic rings. The average molecular weight is 311 g/mol. The van der Waals surface area contributed by atoms with Crippen LogP contribution in [0.25, 0.3) is 0 Å². The van der Waals surface area contributed by atoms with E-state index in [-0.39, 0.29) is 16.3 Å². The molecule has 0 unspecified atom stereocenters.